The lowest BCUT2D eigenvalue weighted by molar-refractivity contribution is -0.143. The molecule has 6 heteroatoms. The van der Waals surface area contributed by atoms with Gasteiger partial charge in [0.2, 0.25) is 5.91 Å². The molecule has 2 unspecified atom stereocenters. The molecule has 3 N–H and O–H groups in total. The molecule has 0 aliphatic rings. The van der Waals surface area contributed by atoms with Gasteiger partial charge in [-0.15, -0.1) is 0 Å². The molecule has 1 amide bonds. The number of amides is 1. The van der Waals surface area contributed by atoms with E-state index >= 15 is 0 Å². The second kappa shape index (κ2) is 62.6. The summed E-state index contributed by atoms with van der Waals surface area (Å²) >= 11 is 0. The van der Waals surface area contributed by atoms with Gasteiger partial charge >= 0.3 is 5.97 Å². The van der Waals surface area contributed by atoms with E-state index in [4.69, 9.17) is 4.74 Å². The summed E-state index contributed by atoms with van der Waals surface area (Å²) in [5.41, 5.74) is 0. The monoisotopic (exact) mass is 1030 g/mol. The van der Waals surface area contributed by atoms with Crippen molar-refractivity contribution in [2.24, 2.45) is 0 Å². The van der Waals surface area contributed by atoms with Gasteiger partial charge in [-0.25, -0.2) is 0 Å². The molecule has 0 aliphatic heterocycles. The number of nitrogens with one attached hydrogen (secondary N) is 1. The van der Waals surface area contributed by atoms with Gasteiger partial charge in [-0.05, 0) is 64.2 Å². The van der Waals surface area contributed by atoms with Crippen LogP contribution in [0.15, 0.2) is 36.5 Å². The van der Waals surface area contributed by atoms with E-state index in [0.29, 0.717) is 19.4 Å². The molecule has 0 heterocycles. The van der Waals surface area contributed by atoms with Gasteiger partial charge < -0.3 is 20.3 Å². The molecule has 0 aromatic heterocycles. The highest BCUT2D eigenvalue weighted by Crippen LogP contribution is 2.17. The Hall–Kier alpha value is -1.92. The molecule has 0 rings (SSSR count). The van der Waals surface area contributed by atoms with Crippen LogP contribution in [0.5, 0.6) is 0 Å². The van der Waals surface area contributed by atoms with Crippen LogP contribution < -0.4 is 5.32 Å². The number of carbonyl (C=O) groups excluding carboxylic acids is 2. The van der Waals surface area contributed by atoms with Crippen molar-refractivity contribution in [2.75, 3.05) is 13.2 Å². The summed E-state index contributed by atoms with van der Waals surface area (Å²) in [5, 5.41) is 23.1. The van der Waals surface area contributed by atoms with Crippen LogP contribution in [0.1, 0.15) is 354 Å². The third-order valence-electron chi connectivity index (χ3n) is 15.2. The number of aliphatic hydroxyl groups is 2. The number of carbonyl (C=O) groups is 2. The first-order valence-electron chi connectivity index (χ1n) is 32.8. The van der Waals surface area contributed by atoms with Crippen LogP contribution >= 0.6 is 0 Å². The van der Waals surface area contributed by atoms with E-state index in [2.05, 4.69) is 43.5 Å². The van der Waals surface area contributed by atoms with Crippen LogP contribution in [0.2, 0.25) is 0 Å². The number of ether oxygens (including phenoxy) is 1. The average Bonchev–Trinajstić information content (AvgIpc) is 3.39. The third kappa shape index (κ3) is 59.2. The Labute approximate surface area is 455 Å². The van der Waals surface area contributed by atoms with Crippen molar-refractivity contribution < 1.29 is 24.5 Å². The molecule has 0 radical (unpaired) electrons. The van der Waals surface area contributed by atoms with Gasteiger partial charge in [0, 0.05) is 12.8 Å². The minimum Gasteiger partial charge on any atom is -0.466 e. The van der Waals surface area contributed by atoms with Crippen LogP contribution in [0, 0.1) is 0 Å². The Bertz CT molecular complexity index is 1180. The maximum Gasteiger partial charge on any atom is 0.305 e. The van der Waals surface area contributed by atoms with E-state index in [-0.39, 0.29) is 18.5 Å². The van der Waals surface area contributed by atoms with Gasteiger partial charge in [-0.2, -0.15) is 0 Å². The van der Waals surface area contributed by atoms with Crippen LogP contribution in [-0.2, 0) is 14.3 Å². The maximum atomic E-state index is 12.5. The molecule has 430 valence electrons. The molecule has 6 nitrogen and oxygen atoms in total. The van der Waals surface area contributed by atoms with E-state index in [9.17, 15) is 19.8 Å². The van der Waals surface area contributed by atoms with Gasteiger partial charge in [0.25, 0.3) is 0 Å². The first-order chi connectivity index (χ1) is 36.0. The Morgan fingerprint density at radius 2 is 0.685 bits per heavy atom. The van der Waals surface area contributed by atoms with Crippen molar-refractivity contribution in [3.8, 4) is 0 Å². The fourth-order valence-electron chi connectivity index (χ4n) is 10.1. The van der Waals surface area contributed by atoms with Crippen molar-refractivity contribution in [1.82, 2.24) is 5.32 Å². The number of aliphatic hydroxyl groups excluding tert-OH is 2. The molecule has 0 spiro atoms. The first-order valence-corrected chi connectivity index (χ1v) is 32.8. The quantitative estimate of drug-likeness (QED) is 0.0320. The zero-order valence-corrected chi connectivity index (χ0v) is 49.1. The summed E-state index contributed by atoms with van der Waals surface area (Å²) in [7, 11) is 0. The number of unbranched alkanes of at least 4 members (excludes halogenated alkanes) is 46. The molecular formula is C67H127NO5. The van der Waals surface area contributed by atoms with Gasteiger partial charge in [0.15, 0.2) is 0 Å². The van der Waals surface area contributed by atoms with Crippen LogP contribution in [0.25, 0.3) is 0 Å². The Morgan fingerprint density at radius 3 is 1.04 bits per heavy atom. The standard InChI is InChI=1S/C67H127NO5/c1-3-5-7-9-11-13-15-17-19-32-35-39-43-47-51-55-59-65(70)64(63-69)68-66(71)60-56-52-48-44-40-36-33-29-27-25-23-21-20-22-24-26-28-30-34-38-42-46-50-54-58-62-73-67(72)61-57-53-49-45-41-37-31-18-16-14-12-10-8-6-4-2/h21-24,55,59,64-65,69-70H,3-20,25-54,56-58,60-63H2,1-2H3,(H,68,71)/b23-21-,24-22-,59-55+. The summed E-state index contributed by atoms with van der Waals surface area (Å²) < 4.78 is 5.49. The Kier molecular flexibility index (Phi) is 61.0. The van der Waals surface area contributed by atoms with Gasteiger partial charge in [0.1, 0.15) is 0 Å². The van der Waals surface area contributed by atoms with Crippen LogP contribution in [0.3, 0.4) is 0 Å². The summed E-state index contributed by atoms with van der Waals surface area (Å²) in [6, 6.07) is -0.633. The van der Waals surface area contributed by atoms with E-state index < -0.39 is 12.1 Å². The lowest BCUT2D eigenvalue weighted by Crippen LogP contribution is -2.45. The number of hydrogen-bond donors (Lipinski definition) is 3. The SMILES string of the molecule is CCCCCCCCCCCCCCCC/C=C/C(O)C(CO)NC(=O)CCCCCCCCCCC/C=C\C/C=C\CCCCCCCCCCCOC(=O)CCCCCCCCCCCCCCCCC. The number of rotatable bonds is 61. The minimum absolute atomic E-state index is 0.0116. The minimum atomic E-state index is -0.849. The number of allylic oxidation sites excluding steroid dienone is 5. The summed E-state index contributed by atoms with van der Waals surface area (Å²) in [5.74, 6) is -0.0607. The third-order valence-corrected chi connectivity index (χ3v) is 15.2. The molecule has 2 atom stereocenters. The highest BCUT2D eigenvalue weighted by molar-refractivity contribution is 5.76. The van der Waals surface area contributed by atoms with Crippen molar-refractivity contribution in [1.29, 1.82) is 0 Å². The molecule has 0 aliphatic carbocycles. The lowest BCUT2D eigenvalue weighted by atomic mass is 10.0. The van der Waals surface area contributed by atoms with Crippen molar-refractivity contribution in [3.63, 3.8) is 0 Å². The number of hydrogen-bond acceptors (Lipinski definition) is 5. The molecule has 0 fully saturated rings. The maximum absolute atomic E-state index is 12.5. The first kappa shape index (κ1) is 71.1. The van der Waals surface area contributed by atoms with Crippen molar-refractivity contribution in [2.45, 2.75) is 366 Å². The highest BCUT2D eigenvalue weighted by atomic mass is 16.5. The largest absolute Gasteiger partial charge is 0.466 e. The summed E-state index contributed by atoms with van der Waals surface area (Å²) in [6.45, 7) is 4.92. The molecular weight excluding hydrogens is 899 g/mol. The predicted octanol–water partition coefficient (Wildman–Crippen LogP) is 20.8. The predicted molar refractivity (Wildman–Crippen MR) is 319 cm³/mol. The second-order valence-corrected chi connectivity index (χ2v) is 22.5. The van der Waals surface area contributed by atoms with Crippen molar-refractivity contribution in [3.05, 3.63) is 36.5 Å². The Balaban J connectivity index is 3.44. The van der Waals surface area contributed by atoms with Crippen molar-refractivity contribution >= 4 is 11.9 Å². The highest BCUT2D eigenvalue weighted by Gasteiger charge is 2.18. The summed E-state index contributed by atoms with van der Waals surface area (Å²) in [6.07, 6.45) is 79.1. The average molecular weight is 1030 g/mol. The van der Waals surface area contributed by atoms with Crippen LogP contribution in [-0.4, -0.2) is 47.4 Å². The smallest absolute Gasteiger partial charge is 0.305 e. The lowest BCUT2D eigenvalue weighted by Gasteiger charge is -2.20. The Morgan fingerprint density at radius 1 is 0.384 bits per heavy atom. The fraction of sp³-hybridized carbons (Fsp3) is 0.881. The molecule has 0 bridgehead atoms. The van der Waals surface area contributed by atoms with Gasteiger partial charge in [0.05, 0.1) is 25.4 Å². The topological polar surface area (TPSA) is 95.9 Å². The fourth-order valence-corrected chi connectivity index (χ4v) is 10.1. The van der Waals surface area contributed by atoms with Gasteiger partial charge in [-0.3, -0.25) is 9.59 Å². The molecule has 0 saturated carbocycles. The zero-order chi connectivity index (χ0) is 52.9. The molecule has 0 saturated heterocycles. The number of esters is 1. The normalized spacial score (nSPS) is 12.8. The molecule has 0 aromatic rings. The van der Waals surface area contributed by atoms with E-state index in [0.717, 1.165) is 44.9 Å². The van der Waals surface area contributed by atoms with Gasteiger partial charge in [-0.1, -0.05) is 314 Å². The van der Waals surface area contributed by atoms with E-state index in [1.807, 2.05) is 6.08 Å². The van der Waals surface area contributed by atoms with Crippen LogP contribution in [0.4, 0.5) is 0 Å². The second-order valence-electron chi connectivity index (χ2n) is 22.5. The van der Waals surface area contributed by atoms with E-state index in [1.54, 1.807) is 6.08 Å². The molecule has 73 heavy (non-hydrogen) atoms. The summed E-state index contributed by atoms with van der Waals surface area (Å²) in [4.78, 5) is 24.5. The van der Waals surface area contributed by atoms with E-state index in [1.165, 1.54) is 283 Å². The molecule has 0 aromatic carbocycles. The zero-order valence-electron chi connectivity index (χ0n) is 49.1.